The molecule has 0 bridgehead atoms. The molecule has 0 spiro atoms. The van der Waals surface area contributed by atoms with Gasteiger partial charge < -0.3 is 0 Å². The monoisotopic (exact) mass is 423 g/mol. The Bertz CT molecular complexity index is 1030. The number of hydrogen-bond acceptors (Lipinski definition) is 7. The van der Waals surface area contributed by atoms with Crippen LogP contribution in [0.1, 0.15) is 34.0 Å². The molecule has 1 aliphatic heterocycles. The minimum absolute atomic E-state index is 0.00769. The second kappa shape index (κ2) is 8.71. The van der Waals surface area contributed by atoms with E-state index in [4.69, 9.17) is 10.1 Å². The molecule has 9 heteroatoms. The Morgan fingerprint density at radius 3 is 2.52 bits per heavy atom. The van der Waals surface area contributed by atoms with Crippen molar-refractivity contribution in [2.75, 3.05) is 5.32 Å². The van der Waals surface area contributed by atoms with Crippen LogP contribution in [0.15, 0.2) is 58.9 Å². The zero-order valence-electron chi connectivity index (χ0n) is 16.4. The lowest BCUT2D eigenvalue weighted by Crippen LogP contribution is -2.32. The molecule has 29 heavy (non-hydrogen) atoms. The van der Waals surface area contributed by atoms with Crippen LogP contribution in [0.5, 0.6) is 0 Å². The third kappa shape index (κ3) is 4.80. The molecule has 1 atom stereocenters. The molecule has 0 amide bonds. The number of aliphatic imine (C=N–C) groups is 1. The van der Waals surface area contributed by atoms with Gasteiger partial charge in [-0.05, 0) is 44.0 Å². The van der Waals surface area contributed by atoms with E-state index >= 15 is 0 Å². The molecule has 3 aromatic rings. The van der Waals surface area contributed by atoms with Gasteiger partial charge in [-0.15, -0.1) is 10.2 Å². The molecule has 0 aliphatic carbocycles. The number of hydrazone groups is 1. The average molecular weight is 424 g/mol. The molecule has 2 aromatic heterocycles. The first-order valence-corrected chi connectivity index (χ1v) is 10.9. The van der Waals surface area contributed by atoms with Crippen LogP contribution < -0.4 is 5.32 Å². The summed E-state index contributed by atoms with van der Waals surface area (Å²) >= 11 is 3.20. The summed E-state index contributed by atoms with van der Waals surface area (Å²) in [5.41, 5.74) is 3.48. The predicted molar refractivity (Wildman–Crippen MR) is 120 cm³/mol. The van der Waals surface area contributed by atoms with Crippen LogP contribution in [-0.4, -0.2) is 31.2 Å². The summed E-state index contributed by atoms with van der Waals surface area (Å²) in [6, 6.07) is 12.4. The van der Waals surface area contributed by atoms with Gasteiger partial charge in [-0.1, -0.05) is 52.9 Å². The Balaban J connectivity index is 1.66. The fourth-order valence-electron chi connectivity index (χ4n) is 2.80. The van der Waals surface area contributed by atoms with E-state index in [9.17, 15) is 0 Å². The summed E-state index contributed by atoms with van der Waals surface area (Å²) in [7, 11) is 0. The highest BCUT2D eigenvalue weighted by Crippen LogP contribution is 2.39. The minimum atomic E-state index is 0.00769. The summed E-state index contributed by atoms with van der Waals surface area (Å²) in [5.74, 6) is 0.646. The molecule has 0 fully saturated rings. The third-order valence-electron chi connectivity index (χ3n) is 4.24. The van der Waals surface area contributed by atoms with Gasteiger partial charge in [0, 0.05) is 12.4 Å². The summed E-state index contributed by atoms with van der Waals surface area (Å²) < 4.78 is 0. The van der Waals surface area contributed by atoms with Gasteiger partial charge in [-0.25, -0.2) is 10.0 Å². The summed E-state index contributed by atoms with van der Waals surface area (Å²) in [5, 5.41) is 20.9. The maximum atomic E-state index is 4.83. The zero-order chi connectivity index (χ0) is 20.2. The molecular formula is C20H21N7S2. The van der Waals surface area contributed by atoms with Crippen LogP contribution >= 0.6 is 23.1 Å². The summed E-state index contributed by atoms with van der Waals surface area (Å²) in [6.07, 6.45) is 3.55. The van der Waals surface area contributed by atoms with Gasteiger partial charge in [0.1, 0.15) is 10.4 Å². The number of guanidine groups is 1. The van der Waals surface area contributed by atoms with Gasteiger partial charge in [0.05, 0.1) is 11.6 Å². The van der Waals surface area contributed by atoms with Crippen LogP contribution in [0.2, 0.25) is 0 Å². The molecular weight excluding hydrogens is 402 g/mol. The SMILES string of the molecule is CC1=NN(C(=NCc2ccncc2)Nc2nnc(C)s2)C(c2ccc(C)cc2)S1. The first kappa shape index (κ1) is 19.5. The normalized spacial score (nSPS) is 16.8. The topological polar surface area (TPSA) is 78.7 Å². The zero-order valence-corrected chi connectivity index (χ0v) is 18.0. The third-order valence-corrected chi connectivity index (χ3v) is 6.11. The maximum absolute atomic E-state index is 4.83. The number of anilines is 1. The van der Waals surface area contributed by atoms with Crippen molar-refractivity contribution in [1.82, 2.24) is 20.2 Å². The number of nitrogens with one attached hydrogen (secondary N) is 1. The Hall–Kier alpha value is -2.78. The van der Waals surface area contributed by atoms with E-state index in [-0.39, 0.29) is 5.37 Å². The second-order valence-corrected chi connectivity index (χ2v) is 9.05. The van der Waals surface area contributed by atoms with E-state index in [0.29, 0.717) is 17.6 Å². The largest absolute Gasteiger partial charge is 0.299 e. The smallest absolute Gasteiger partial charge is 0.222 e. The lowest BCUT2D eigenvalue weighted by atomic mass is 10.1. The number of rotatable bonds is 4. The van der Waals surface area contributed by atoms with Crippen LogP contribution in [0.4, 0.5) is 5.13 Å². The molecule has 1 aliphatic rings. The van der Waals surface area contributed by atoms with E-state index in [2.05, 4.69) is 51.7 Å². The maximum Gasteiger partial charge on any atom is 0.222 e. The summed E-state index contributed by atoms with van der Waals surface area (Å²) in [4.78, 5) is 8.90. The van der Waals surface area contributed by atoms with Crippen molar-refractivity contribution in [1.29, 1.82) is 0 Å². The number of benzene rings is 1. The van der Waals surface area contributed by atoms with E-state index in [1.807, 2.05) is 31.0 Å². The second-order valence-electron chi connectivity index (χ2n) is 6.59. The van der Waals surface area contributed by atoms with E-state index < -0.39 is 0 Å². The first-order valence-electron chi connectivity index (χ1n) is 9.16. The Labute approximate surface area is 178 Å². The Morgan fingerprint density at radius 2 is 1.83 bits per heavy atom. The Kier molecular flexibility index (Phi) is 5.86. The molecule has 4 rings (SSSR count). The van der Waals surface area contributed by atoms with Crippen molar-refractivity contribution < 1.29 is 0 Å². The van der Waals surface area contributed by atoms with Gasteiger partial charge in [-0.2, -0.15) is 5.10 Å². The van der Waals surface area contributed by atoms with Crippen molar-refractivity contribution in [3.8, 4) is 0 Å². The van der Waals surface area contributed by atoms with Crippen molar-refractivity contribution >= 4 is 39.2 Å². The van der Waals surface area contributed by atoms with Crippen LogP contribution in [-0.2, 0) is 6.54 Å². The fraction of sp³-hybridized carbons (Fsp3) is 0.250. The molecule has 0 saturated heterocycles. The molecule has 1 aromatic carbocycles. The summed E-state index contributed by atoms with van der Waals surface area (Å²) in [6.45, 7) is 6.55. The lowest BCUT2D eigenvalue weighted by molar-refractivity contribution is 0.435. The lowest BCUT2D eigenvalue weighted by Gasteiger charge is -2.24. The minimum Gasteiger partial charge on any atom is -0.299 e. The molecule has 148 valence electrons. The van der Waals surface area contributed by atoms with Crippen LogP contribution in [0.25, 0.3) is 0 Å². The molecule has 1 unspecified atom stereocenters. The quantitative estimate of drug-likeness (QED) is 0.488. The highest BCUT2D eigenvalue weighted by Gasteiger charge is 2.31. The van der Waals surface area contributed by atoms with E-state index in [1.165, 1.54) is 22.5 Å². The molecule has 7 nitrogen and oxygen atoms in total. The number of aryl methyl sites for hydroxylation is 2. The highest BCUT2D eigenvalue weighted by molar-refractivity contribution is 8.14. The van der Waals surface area contributed by atoms with E-state index in [1.54, 1.807) is 24.2 Å². The molecule has 0 saturated carbocycles. The van der Waals surface area contributed by atoms with Crippen molar-refractivity contribution in [3.05, 3.63) is 70.5 Å². The van der Waals surface area contributed by atoms with Gasteiger partial charge >= 0.3 is 0 Å². The molecule has 0 radical (unpaired) electrons. The Morgan fingerprint density at radius 1 is 1.07 bits per heavy atom. The van der Waals surface area contributed by atoms with Gasteiger partial charge in [-0.3, -0.25) is 10.3 Å². The van der Waals surface area contributed by atoms with Crippen molar-refractivity contribution in [2.45, 2.75) is 32.7 Å². The van der Waals surface area contributed by atoms with Crippen LogP contribution in [0, 0.1) is 13.8 Å². The van der Waals surface area contributed by atoms with E-state index in [0.717, 1.165) is 15.6 Å². The molecule has 3 heterocycles. The number of pyridine rings is 1. The van der Waals surface area contributed by atoms with Crippen molar-refractivity contribution in [2.24, 2.45) is 10.1 Å². The number of hydrogen-bond donors (Lipinski definition) is 1. The van der Waals surface area contributed by atoms with Crippen LogP contribution in [0.3, 0.4) is 0 Å². The van der Waals surface area contributed by atoms with Crippen molar-refractivity contribution in [3.63, 3.8) is 0 Å². The van der Waals surface area contributed by atoms with Gasteiger partial charge in [0.25, 0.3) is 0 Å². The first-order chi connectivity index (χ1) is 14.1. The predicted octanol–water partition coefficient (Wildman–Crippen LogP) is 4.60. The molecule has 1 N–H and O–H groups in total. The van der Waals surface area contributed by atoms with Gasteiger partial charge in [0.15, 0.2) is 0 Å². The van der Waals surface area contributed by atoms with Gasteiger partial charge in [0.2, 0.25) is 11.1 Å². The average Bonchev–Trinajstić information content (AvgIpc) is 3.31. The highest BCUT2D eigenvalue weighted by atomic mass is 32.2. The number of nitrogens with zero attached hydrogens (tertiary/aromatic N) is 6. The number of aromatic nitrogens is 3. The standard InChI is InChI=1S/C20H21N7S2/c1-13-4-6-17(7-5-13)18-27(26-15(3)28-18)19(23-20-25-24-14(2)29-20)22-12-16-8-10-21-11-9-16/h4-11,18H,12H2,1-3H3,(H,22,23,25). The fourth-order valence-corrected chi connectivity index (χ4v) is 4.39. The number of thioether (sulfide) groups is 1.